The first-order chi connectivity index (χ1) is 32.7. The number of carbonyl (C=O) groups excluding carboxylic acids is 7. The number of aryl methyl sites for hydroxylation is 1. The highest BCUT2D eigenvalue weighted by Gasteiger charge is 2.49. The zero-order chi connectivity index (χ0) is 51.2. The minimum atomic E-state index is -1.09. The second-order valence-corrected chi connectivity index (χ2v) is 17.9. The molecule has 2 aliphatic heterocycles. The lowest BCUT2D eigenvalue weighted by atomic mass is 9.92. The SMILES string of the molecule is C=C(C)OCC1OC(c2cn(CCC(=O)NCCNC(=O)CCCCOC3OC(COC(C)=O)C(OC(C)=O)C(OC(C)=O)C3C)c(=O)[nH]c2=O)C(OC(=O)CCC(=O)CCCC(C)CCC)C1C. The standard InChI is InChI=1S/C48H74N4O17/c1-10-14-29(4)15-13-16-35(56)18-19-41(59)69-42-30(5)37(26-63-28(2)3)67-44(42)36-25-52(48(61)51-46(36)60)23-20-40(58)50-22-21-49-39(57)17-11-12-24-62-47-31(6)43(65-33(8)54)45(66-34(9)55)38(68-47)27-64-32(7)53/h25,29-31,37-38,42-45,47H,2,10-24,26-27H2,1,3-9H3,(H,49,57)(H,50,58)(H,51,60,61). The van der Waals surface area contributed by atoms with Crippen LogP contribution in [-0.4, -0.2) is 121 Å². The third-order valence-corrected chi connectivity index (χ3v) is 11.8. The lowest BCUT2D eigenvalue weighted by Crippen LogP contribution is -2.58. The van der Waals surface area contributed by atoms with Crippen molar-refractivity contribution in [3.05, 3.63) is 44.9 Å². The van der Waals surface area contributed by atoms with Gasteiger partial charge in [0.1, 0.15) is 43.4 Å². The highest BCUT2D eigenvalue weighted by Crippen LogP contribution is 2.39. The number of allylic oxidation sites excluding steroid dienone is 1. The summed E-state index contributed by atoms with van der Waals surface area (Å²) in [5.41, 5.74) is -1.50. The number of amides is 2. The molecule has 2 amide bonds. The largest absolute Gasteiger partial charge is 0.496 e. The molecule has 1 aromatic heterocycles. The van der Waals surface area contributed by atoms with E-state index in [4.69, 9.17) is 37.9 Å². The Morgan fingerprint density at radius 3 is 2.03 bits per heavy atom. The van der Waals surface area contributed by atoms with Crippen molar-refractivity contribution in [2.75, 3.05) is 32.9 Å². The quantitative estimate of drug-likeness (QED) is 0.0430. The number of nitrogens with zero attached hydrogens (tertiary/aromatic N) is 1. The molecule has 3 rings (SSSR count). The first kappa shape index (κ1) is 57.9. The van der Waals surface area contributed by atoms with Crippen LogP contribution in [0.15, 0.2) is 28.1 Å². The van der Waals surface area contributed by atoms with E-state index >= 15 is 0 Å². The maximum atomic E-state index is 13.2. The Kier molecular flexibility index (Phi) is 24.8. The number of rotatable bonds is 30. The lowest BCUT2D eigenvalue weighted by Gasteiger charge is -2.43. The second kappa shape index (κ2) is 29.6. The van der Waals surface area contributed by atoms with Gasteiger partial charge in [-0.3, -0.25) is 47.9 Å². The molecule has 2 fully saturated rings. The summed E-state index contributed by atoms with van der Waals surface area (Å²) < 4.78 is 46.7. The van der Waals surface area contributed by atoms with E-state index in [9.17, 15) is 43.2 Å². The molecule has 1 aromatic rings. The van der Waals surface area contributed by atoms with Crippen molar-refractivity contribution in [2.45, 2.75) is 175 Å². The Hall–Kier alpha value is -5.41. The molecule has 10 atom stereocenters. The third kappa shape index (κ3) is 20.2. The normalized spacial score (nSPS) is 23.5. The van der Waals surface area contributed by atoms with Crippen LogP contribution in [0.4, 0.5) is 0 Å². The van der Waals surface area contributed by atoms with Crippen LogP contribution in [0.25, 0.3) is 0 Å². The van der Waals surface area contributed by atoms with Gasteiger partial charge in [0.15, 0.2) is 12.4 Å². The molecule has 0 radical (unpaired) electrons. The minimum Gasteiger partial charge on any atom is -0.496 e. The molecule has 0 aromatic carbocycles. The van der Waals surface area contributed by atoms with Crippen LogP contribution in [0.3, 0.4) is 0 Å². The molecule has 21 nitrogen and oxygen atoms in total. The van der Waals surface area contributed by atoms with E-state index in [1.165, 1.54) is 27.0 Å². The number of esters is 4. The van der Waals surface area contributed by atoms with E-state index < -0.39 is 95.8 Å². The number of ether oxygens (including phenoxy) is 8. The van der Waals surface area contributed by atoms with Gasteiger partial charge in [-0.15, -0.1) is 0 Å². The number of nitrogens with one attached hydrogen (secondary N) is 3. The zero-order valence-electron chi connectivity index (χ0n) is 41.5. The predicted molar refractivity (Wildman–Crippen MR) is 247 cm³/mol. The number of hydrogen-bond donors (Lipinski definition) is 3. The summed E-state index contributed by atoms with van der Waals surface area (Å²) in [6, 6.07) is 0. The summed E-state index contributed by atoms with van der Waals surface area (Å²) in [5, 5.41) is 5.42. The van der Waals surface area contributed by atoms with Gasteiger partial charge in [-0.05, 0) is 32.1 Å². The van der Waals surface area contributed by atoms with Gasteiger partial charge in [0.05, 0.1) is 23.8 Å². The number of aromatic amines is 1. The Morgan fingerprint density at radius 2 is 1.39 bits per heavy atom. The molecule has 21 heteroatoms. The molecule has 3 N–H and O–H groups in total. The first-order valence-corrected chi connectivity index (χ1v) is 24.0. The molecule has 3 heterocycles. The van der Waals surface area contributed by atoms with Crippen LogP contribution in [0.5, 0.6) is 0 Å². The number of aromatic nitrogens is 2. The average molecular weight is 979 g/mol. The van der Waals surface area contributed by atoms with Gasteiger partial charge in [-0.2, -0.15) is 0 Å². The Bertz CT molecular complexity index is 2020. The van der Waals surface area contributed by atoms with Gasteiger partial charge in [-0.25, -0.2) is 4.79 Å². The summed E-state index contributed by atoms with van der Waals surface area (Å²) in [5.74, 6) is -3.24. The van der Waals surface area contributed by atoms with Crippen molar-refractivity contribution in [2.24, 2.45) is 17.8 Å². The smallest absolute Gasteiger partial charge is 0.328 e. The summed E-state index contributed by atoms with van der Waals surface area (Å²) >= 11 is 0. The second-order valence-electron chi connectivity index (χ2n) is 17.9. The van der Waals surface area contributed by atoms with Gasteiger partial charge >= 0.3 is 29.6 Å². The molecular weight excluding hydrogens is 905 g/mol. The van der Waals surface area contributed by atoms with Gasteiger partial charge in [0.25, 0.3) is 5.56 Å². The van der Waals surface area contributed by atoms with Crippen molar-refractivity contribution in [3.8, 4) is 0 Å². The fraction of sp³-hybridized carbons (Fsp3) is 0.729. The molecule has 0 saturated carbocycles. The average Bonchev–Trinajstić information content (AvgIpc) is 3.57. The number of Topliss-reactive ketones (excluding diaryl/α,β-unsaturated/α-hetero) is 1. The Balaban J connectivity index is 1.48. The van der Waals surface area contributed by atoms with E-state index in [-0.39, 0.29) is 82.4 Å². The molecular formula is C48H74N4O17. The number of hydrogen-bond acceptors (Lipinski definition) is 17. The Labute approximate surface area is 403 Å². The monoisotopic (exact) mass is 979 g/mol. The number of carbonyl (C=O) groups is 7. The predicted octanol–water partition coefficient (Wildman–Crippen LogP) is 3.63. The van der Waals surface area contributed by atoms with Crippen molar-refractivity contribution in [1.82, 2.24) is 20.2 Å². The van der Waals surface area contributed by atoms with Crippen molar-refractivity contribution < 1.29 is 71.5 Å². The van der Waals surface area contributed by atoms with Crippen LogP contribution in [-0.2, 0) is 78.0 Å². The lowest BCUT2D eigenvalue weighted by molar-refractivity contribution is -0.288. The van der Waals surface area contributed by atoms with Crippen LogP contribution < -0.4 is 21.9 Å². The highest BCUT2D eigenvalue weighted by molar-refractivity contribution is 5.83. The topological polar surface area (TPSA) is 272 Å². The van der Waals surface area contributed by atoms with E-state index in [1.807, 2.05) is 0 Å². The fourth-order valence-corrected chi connectivity index (χ4v) is 8.12. The van der Waals surface area contributed by atoms with Gasteiger partial charge in [0, 0.05) is 90.7 Å². The summed E-state index contributed by atoms with van der Waals surface area (Å²) in [6.07, 6.45) is -0.217. The fourth-order valence-electron chi connectivity index (χ4n) is 8.12. The summed E-state index contributed by atoms with van der Waals surface area (Å²) in [4.78, 5) is 115. The molecule has 2 saturated heterocycles. The number of H-pyrrole nitrogens is 1. The Morgan fingerprint density at radius 1 is 0.739 bits per heavy atom. The van der Waals surface area contributed by atoms with E-state index in [1.54, 1.807) is 20.8 Å². The highest BCUT2D eigenvalue weighted by atomic mass is 16.7. The van der Waals surface area contributed by atoms with Crippen molar-refractivity contribution in [3.63, 3.8) is 0 Å². The van der Waals surface area contributed by atoms with Gasteiger partial charge in [-0.1, -0.05) is 53.5 Å². The molecule has 388 valence electrons. The molecule has 2 aliphatic rings. The van der Waals surface area contributed by atoms with E-state index in [0.29, 0.717) is 30.9 Å². The maximum Gasteiger partial charge on any atom is 0.328 e. The van der Waals surface area contributed by atoms with E-state index in [0.717, 1.165) is 30.3 Å². The van der Waals surface area contributed by atoms with Gasteiger partial charge in [0.2, 0.25) is 11.8 Å². The van der Waals surface area contributed by atoms with Gasteiger partial charge < -0.3 is 48.5 Å². The van der Waals surface area contributed by atoms with Crippen LogP contribution in [0.2, 0.25) is 0 Å². The zero-order valence-corrected chi connectivity index (χ0v) is 41.5. The number of ketones is 1. The van der Waals surface area contributed by atoms with Crippen LogP contribution >= 0.6 is 0 Å². The molecule has 10 unspecified atom stereocenters. The summed E-state index contributed by atoms with van der Waals surface area (Å²) in [7, 11) is 0. The first-order valence-electron chi connectivity index (χ1n) is 24.0. The third-order valence-electron chi connectivity index (χ3n) is 11.8. The molecule has 0 aliphatic carbocycles. The number of unbranched alkanes of at least 4 members (excludes halogenated alkanes) is 1. The maximum absolute atomic E-state index is 13.2. The van der Waals surface area contributed by atoms with Crippen LogP contribution in [0.1, 0.15) is 138 Å². The van der Waals surface area contributed by atoms with Crippen molar-refractivity contribution >= 4 is 41.5 Å². The van der Waals surface area contributed by atoms with Crippen LogP contribution in [0, 0.1) is 17.8 Å². The minimum absolute atomic E-state index is 0.00750. The summed E-state index contributed by atoms with van der Waals surface area (Å²) in [6.45, 7) is 16.9. The molecule has 0 spiro atoms. The molecule has 0 bridgehead atoms. The van der Waals surface area contributed by atoms with Crippen molar-refractivity contribution in [1.29, 1.82) is 0 Å². The van der Waals surface area contributed by atoms with E-state index in [2.05, 4.69) is 36.0 Å². The molecule has 69 heavy (non-hydrogen) atoms.